The number of aryl methyl sites for hydroxylation is 1. The lowest BCUT2D eigenvalue weighted by Crippen LogP contribution is -2.23. The molecule has 0 bridgehead atoms. The molecule has 146 valence electrons. The van der Waals surface area contributed by atoms with Crippen molar-refractivity contribution in [1.29, 1.82) is 0 Å². The van der Waals surface area contributed by atoms with Gasteiger partial charge in [0, 0.05) is 42.1 Å². The molecule has 27 heavy (non-hydrogen) atoms. The summed E-state index contributed by atoms with van der Waals surface area (Å²) in [4.78, 5) is 3.31. The van der Waals surface area contributed by atoms with Gasteiger partial charge in [-0.15, -0.1) is 0 Å². The smallest absolute Gasteiger partial charge is 0.395 e. The van der Waals surface area contributed by atoms with Gasteiger partial charge in [-0.2, -0.15) is 0 Å². The second kappa shape index (κ2) is 10.4. The number of nitrogens with zero attached hydrogens (tertiary/aromatic N) is 1. The van der Waals surface area contributed by atoms with Gasteiger partial charge in [0.2, 0.25) is 0 Å². The van der Waals surface area contributed by atoms with E-state index >= 15 is 0 Å². The van der Waals surface area contributed by atoms with E-state index in [1.54, 1.807) is 19.1 Å². The number of unbranched alkanes of at least 4 members (excludes halogenated alkanes) is 2. The number of aliphatic hydroxyl groups excluding tert-OH is 1. The third-order valence-electron chi connectivity index (χ3n) is 4.63. The van der Waals surface area contributed by atoms with Gasteiger partial charge in [-0.05, 0) is 51.2 Å². The monoisotopic (exact) mass is 376 g/mol. The quantitative estimate of drug-likeness (QED) is 0.331. The number of aromatic amines is 1. The Balaban J connectivity index is 1.84. The van der Waals surface area contributed by atoms with Crippen molar-refractivity contribution >= 4 is 19.2 Å². The van der Waals surface area contributed by atoms with E-state index in [0.29, 0.717) is 17.8 Å². The first-order valence-corrected chi connectivity index (χ1v) is 9.43. The highest BCUT2D eigenvalue weighted by molar-refractivity contribution is 6.35. The topological polar surface area (TPSA) is 65.1 Å². The Bertz CT molecular complexity index is 750. The lowest BCUT2D eigenvalue weighted by atomic mass is 10.1. The van der Waals surface area contributed by atoms with E-state index in [1.807, 2.05) is 25.1 Å². The molecule has 4 N–H and O–H groups in total. The lowest BCUT2D eigenvalue weighted by Gasteiger charge is -2.02. The van der Waals surface area contributed by atoms with E-state index < -0.39 is 7.40 Å². The number of hydrogen-bond donors (Lipinski definition) is 3. The molecule has 0 aliphatic carbocycles. The van der Waals surface area contributed by atoms with Crippen molar-refractivity contribution in [3.63, 3.8) is 0 Å². The Hall–Kier alpha value is -1.99. The largest absolute Gasteiger partial charge is 0.934 e. The van der Waals surface area contributed by atoms with Crippen LogP contribution in [-0.4, -0.2) is 40.3 Å². The van der Waals surface area contributed by atoms with Crippen molar-refractivity contribution in [3.8, 4) is 0 Å². The predicted molar refractivity (Wildman–Crippen MR) is 108 cm³/mol. The summed E-state index contributed by atoms with van der Waals surface area (Å²) in [6.45, 7) is 3.56. The molecule has 0 spiro atoms. The van der Waals surface area contributed by atoms with Crippen LogP contribution in [0.1, 0.15) is 50.9 Å². The van der Waals surface area contributed by atoms with Crippen molar-refractivity contribution in [2.45, 2.75) is 52.0 Å². The molecule has 0 aromatic carbocycles. The third kappa shape index (κ3) is 6.29. The maximum Gasteiger partial charge on any atom is 0.934 e. The van der Waals surface area contributed by atoms with Crippen LogP contribution in [0.5, 0.6) is 0 Å². The second-order valence-corrected chi connectivity index (χ2v) is 6.98. The minimum Gasteiger partial charge on any atom is -0.395 e. The van der Waals surface area contributed by atoms with Crippen LogP contribution in [0.25, 0.3) is 6.08 Å². The van der Waals surface area contributed by atoms with Crippen molar-refractivity contribution in [2.24, 2.45) is 5.73 Å². The van der Waals surface area contributed by atoms with Crippen LogP contribution in [0.15, 0.2) is 41.6 Å². The van der Waals surface area contributed by atoms with Gasteiger partial charge in [-0.3, -0.25) is 0 Å². The highest BCUT2D eigenvalue weighted by Crippen LogP contribution is 2.23. The lowest BCUT2D eigenvalue weighted by molar-refractivity contribution is -0.342. The van der Waals surface area contributed by atoms with Crippen molar-refractivity contribution in [3.05, 3.63) is 53.0 Å². The minimum atomic E-state index is -2.54. The number of halogens is 2. The molecule has 1 atom stereocenters. The van der Waals surface area contributed by atoms with E-state index in [1.165, 1.54) is 0 Å². The fourth-order valence-electron chi connectivity index (χ4n) is 3.16. The Morgan fingerprint density at radius 1 is 1.26 bits per heavy atom. The summed E-state index contributed by atoms with van der Waals surface area (Å²) in [5.41, 5.74) is 9.53. The molecule has 7 heteroatoms. The fraction of sp³-hybridized carbons (Fsp3) is 0.450. The van der Waals surface area contributed by atoms with Gasteiger partial charge in [0.05, 0.1) is 6.61 Å². The van der Waals surface area contributed by atoms with Crippen LogP contribution in [0.2, 0.25) is 0 Å². The zero-order valence-corrected chi connectivity index (χ0v) is 16.1. The summed E-state index contributed by atoms with van der Waals surface area (Å²) in [6, 6.07) is 3.77. The average Bonchev–Trinajstić information content (AvgIpc) is 3.18. The summed E-state index contributed by atoms with van der Waals surface area (Å²) < 4.78 is 27.6. The van der Waals surface area contributed by atoms with Crippen molar-refractivity contribution in [2.75, 3.05) is 6.61 Å². The van der Waals surface area contributed by atoms with Gasteiger partial charge in [-0.1, -0.05) is 12.2 Å². The maximum absolute atomic E-state index is 13.3. The molecule has 0 amide bonds. The molecule has 1 aliphatic heterocycles. The average molecular weight is 376 g/mol. The molecule has 2 heterocycles. The van der Waals surface area contributed by atoms with Crippen molar-refractivity contribution in [1.82, 2.24) is 4.98 Å². The zero-order valence-electron chi connectivity index (χ0n) is 16.1. The number of nitrogens with two attached hydrogens (primary N) is 1. The highest BCUT2D eigenvalue weighted by atomic mass is 19.2. The minimum absolute atomic E-state index is 0.0116. The molecule has 1 aromatic heterocycles. The molecule has 0 fully saturated rings. The molecule has 1 unspecified atom stereocenters. The van der Waals surface area contributed by atoms with Gasteiger partial charge in [0.1, 0.15) is 0 Å². The van der Waals surface area contributed by atoms with Crippen molar-refractivity contribution < 1.29 is 18.2 Å². The number of aliphatic hydroxyl groups is 1. The van der Waals surface area contributed by atoms with Gasteiger partial charge in [-0.25, -0.2) is 13.1 Å². The molecular weight excluding hydrogens is 347 g/mol. The summed E-state index contributed by atoms with van der Waals surface area (Å²) in [7, 11) is -2.54. The Labute approximate surface area is 160 Å². The first kappa shape index (κ1) is 21.3. The van der Waals surface area contributed by atoms with Gasteiger partial charge in [0.15, 0.2) is 11.4 Å². The summed E-state index contributed by atoms with van der Waals surface area (Å²) in [5, 5.41) is 8.85. The normalized spacial score (nSPS) is 17.3. The number of nitrogens with one attached hydrogen (secondary N) is 1. The Morgan fingerprint density at radius 3 is 2.74 bits per heavy atom. The first-order valence-electron chi connectivity index (χ1n) is 9.43. The van der Waals surface area contributed by atoms with Crippen LogP contribution in [0.3, 0.4) is 0 Å². The zero-order chi connectivity index (χ0) is 19.8. The number of allylic oxidation sites excluding steroid dienone is 3. The molecule has 0 saturated heterocycles. The standard InChI is InChI=1S/C20H28BF2N3O/c1-15-12-16(2)26(21(22)23)20(15)13-19-11-10-18(25-19)9-7-5-3-4-6-8-17(24)14-27/h4,6,10-13,17,27H,3,5,7-9,14,24H2,1-2H3/p+1/b6-4+. The summed E-state index contributed by atoms with van der Waals surface area (Å²) >= 11 is 0. The van der Waals surface area contributed by atoms with E-state index in [4.69, 9.17) is 10.8 Å². The molecule has 1 aliphatic rings. The molecule has 0 saturated carbocycles. The summed E-state index contributed by atoms with van der Waals surface area (Å²) in [5.74, 6) is 0. The van der Waals surface area contributed by atoms with Crippen LogP contribution in [0, 0.1) is 0 Å². The molecule has 4 nitrogen and oxygen atoms in total. The summed E-state index contributed by atoms with van der Waals surface area (Å²) in [6.07, 6.45) is 12.4. The van der Waals surface area contributed by atoms with E-state index in [9.17, 15) is 8.63 Å². The maximum atomic E-state index is 13.3. The van der Waals surface area contributed by atoms with E-state index in [-0.39, 0.29) is 12.6 Å². The van der Waals surface area contributed by atoms with E-state index in [2.05, 4.69) is 11.1 Å². The number of rotatable bonds is 10. The van der Waals surface area contributed by atoms with E-state index in [0.717, 1.165) is 47.1 Å². The van der Waals surface area contributed by atoms with Gasteiger partial charge in [0.25, 0.3) is 0 Å². The fourth-order valence-corrected chi connectivity index (χ4v) is 3.16. The Morgan fingerprint density at radius 2 is 2.04 bits per heavy atom. The SMILES string of the molecule is CC1=CC(C)=[N+](B(F)F)/C1=C\c1ccc(CCCC/C=C/CC(N)CO)[nH]1. The van der Waals surface area contributed by atoms with Gasteiger partial charge < -0.3 is 15.8 Å². The molecule has 2 rings (SSSR count). The third-order valence-corrected chi connectivity index (χ3v) is 4.63. The predicted octanol–water partition coefficient (Wildman–Crippen LogP) is 3.69. The number of H-pyrrole nitrogens is 1. The molecule has 1 aromatic rings. The number of aromatic nitrogens is 1. The van der Waals surface area contributed by atoms with Crippen LogP contribution >= 0.6 is 0 Å². The highest BCUT2D eigenvalue weighted by Gasteiger charge is 2.42. The second-order valence-electron chi connectivity index (χ2n) is 6.98. The van der Waals surface area contributed by atoms with Crippen LogP contribution in [-0.2, 0) is 6.42 Å². The number of hydrogen-bond acceptors (Lipinski definition) is 2. The van der Waals surface area contributed by atoms with Gasteiger partial charge >= 0.3 is 7.40 Å². The first-order chi connectivity index (χ1) is 12.9. The molecule has 0 radical (unpaired) electrons. The van der Waals surface area contributed by atoms with Crippen LogP contribution in [0.4, 0.5) is 8.63 Å². The van der Waals surface area contributed by atoms with Crippen LogP contribution < -0.4 is 5.73 Å². The Kier molecular flexibility index (Phi) is 8.19. The molecular formula is C20H29BF2N3O+.